The molecule has 1 aliphatic rings. The summed E-state index contributed by atoms with van der Waals surface area (Å²) in [5.74, 6) is -0.358. The predicted molar refractivity (Wildman–Crippen MR) is 149 cm³/mol. The van der Waals surface area contributed by atoms with Crippen LogP contribution < -0.4 is 5.32 Å². The van der Waals surface area contributed by atoms with E-state index >= 15 is 0 Å². The number of carbonyl (C=O) groups is 2. The maximum atomic E-state index is 12.6. The Bertz CT molecular complexity index is 1170. The normalized spacial score (nSPS) is 11.9. The highest BCUT2D eigenvalue weighted by atomic mass is 16.6. The van der Waals surface area contributed by atoms with Crippen LogP contribution in [0.1, 0.15) is 47.2 Å². The van der Waals surface area contributed by atoms with Crippen molar-refractivity contribution in [2.24, 2.45) is 0 Å². The van der Waals surface area contributed by atoms with Gasteiger partial charge in [-0.2, -0.15) is 0 Å². The molecule has 3 aromatic carbocycles. The number of hydrogen-bond acceptors (Lipinski definition) is 6. The molecule has 0 bridgehead atoms. The number of nitrogens with one attached hydrogen (secondary N) is 1. The second-order valence-corrected chi connectivity index (χ2v) is 9.33. The van der Waals surface area contributed by atoms with Crippen LogP contribution in [0.3, 0.4) is 0 Å². The number of hydrogen-bond donors (Lipinski definition) is 1. The SMILES string of the molecule is CCCCNc1ccc(C(=O)OCCOCCN(C)C(=O)OCC2c3ccccc3-c3ccccc32)cc1. The molecule has 0 saturated carbocycles. The number of amides is 1. The predicted octanol–water partition coefficient (Wildman–Crippen LogP) is 5.95. The molecular weight excluding hydrogens is 480 g/mol. The summed E-state index contributed by atoms with van der Waals surface area (Å²) in [4.78, 5) is 26.3. The second kappa shape index (κ2) is 13.6. The van der Waals surface area contributed by atoms with Crippen LogP contribution in [-0.4, -0.2) is 63.5 Å². The quantitative estimate of drug-likeness (QED) is 0.223. The molecule has 7 heteroatoms. The fraction of sp³-hybridized carbons (Fsp3) is 0.355. The Morgan fingerprint density at radius 3 is 2.16 bits per heavy atom. The molecule has 7 nitrogen and oxygen atoms in total. The molecule has 0 aliphatic heterocycles. The highest BCUT2D eigenvalue weighted by Gasteiger charge is 2.29. The van der Waals surface area contributed by atoms with Gasteiger partial charge in [0.05, 0.1) is 18.8 Å². The highest BCUT2D eigenvalue weighted by Crippen LogP contribution is 2.44. The maximum absolute atomic E-state index is 12.6. The van der Waals surface area contributed by atoms with E-state index in [-0.39, 0.29) is 31.7 Å². The Morgan fingerprint density at radius 2 is 1.50 bits per heavy atom. The van der Waals surface area contributed by atoms with Crippen LogP contribution >= 0.6 is 0 Å². The Kier molecular flexibility index (Phi) is 9.76. The molecule has 1 N–H and O–H groups in total. The number of unbranched alkanes of at least 4 members (excludes halogenated alkanes) is 1. The van der Waals surface area contributed by atoms with Gasteiger partial charge in [0.1, 0.15) is 13.2 Å². The minimum atomic E-state index is -0.394. The lowest BCUT2D eigenvalue weighted by atomic mass is 9.98. The van der Waals surface area contributed by atoms with Gasteiger partial charge in [-0.3, -0.25) is 0 Å². The van der Waals surface area contributed by atoms with Crippen molar-refractivity contribution in [3.63, 3.8) is 0 Å². The van der Waals surface area contributed by atoms with Gasteiger partial charge in [0.2, 0.25) is 0 Å². The minimum Gasteiger partial charge on any atom is -0.460 e. The minimum absolute atomic E-state index is 0.0270. The number of esters is 1. The van der Waals surface area contributed by atoms with E-state index < -0.39 is 6.09 Å². The largest absolute Gasteiger partial charge is 0.460 e. The molecule has 1 aliphatic carbocycles. The monoisotopic (exact) mass is 516 g/mol. The Labute approximate surface area is 224 Å². The van der Waals surface area contributed by atoms with Gasteiger partial charge < -0.3 is 24.4 Å². The van der Waals surface area contributed by atoms with Crippen LogP contribution in [0.15, 0.2) is 72.8 Å². The molecule has 0 radical (unpaired) electrons. The van der Waals surface area contributed by atoms with Gasteiger partial charge in [0, 0.05) is 31.7 Å². The Balaban J connectivity index is 1.12. The van der Waals surface area contributed by atoms with Gasteiger partial charge >= 0.3 is 12.1 Å². The molecule has 0 unspecified atom stereocenters. The summed E-state index contributed by atoms with van der Waals surface area (Å²) in [7, 11) is 1.68. The zero-order valence-corrected chi connectivity index (χ0v) is 22.2. The van der Waals surface area contributed by atoms with E-state index in [0.29, 0.717) is 18.7 Å². The molecular formula is C31H36N2O5. The number of anilines is 1. The smallest absolute Gasteiger partial charge is 0.409 e. The Hall–Kier alpha value is -3.84. The van der Waals surface area contributed by atoms with E-state index in [1.165, 1.54) is 27.2 Å². The first-order valence-corrected chi connectivity index (χ1v) is 13.2. The van der Waals surface area contributed by atoms with E-state index in [9.17, 15) is 9.59 Å². The summed E-state index contributed by atoms with van der Waals surface area (Å²) in [6.45, 7) is 4.42. The molecule has 38 heavy (non-hydrogen) atoms. The van der Waals surface area contributed by atoms with Crippen molar-refractivity contribution in [2.75, 3.05) is 51.9 Å². The van der Waals surface area contributed by atoms with E-state index in [1.807, 2.05) is 36.4 Å². The maximum Gasteiger partial charge on any atom is 0.409 e. The molecule has 3 aromatic rings. The third-order valence-electron chi connectivity index (χ3n) is 6.66. The zero-order valence-electron chi connectivity index (χ0n) is 22.2. The van der Waals surface area contributed by atoms with Crippen molar-refractivity contribution in [1.29, 1.82) is 0 Å². The number of ether oxygens (including phenoxy) is 3. The van der Waals surface area contributed by atoms with Crippen molar-refractivity contribution in [3.05, 3.63) is 89.5 Å². The lowest BCUT2D eigenvalue weighted by Gasteiger charge is -2.19. The first-order valence-electron chi connectivity index (χ1n) is 13.2. The molecule has 0 fully saturated rings. The summed E-state index contributed by atoms with van der Waals surface area (Å²) in [6.07, 6.45) is 1.84. The molecule has 0 aromatic heterocycles. The average Bonchev–Trinajstić information content (AvgIpc) is 3.27. The van der Waals surface area contributed by atoms with Gasteiger partial charge in [-0.15, -0.1) is 0 Å². The van der Waals surface area contributed by atoms with Crippen molar-refractivity contribution in [2.45, 2.75) is 25.7 Å². The van der Waals surface area contributed by atoms with E-state index in [2.05, 4.69) is 36.5 Å². The second-order valence-electron chi connectivity index (χ2n) is 9.33. The van der Waals surface area contributed by atoms with Crippen LogP contribution in [0.2, 0.25) is 0 Å². The lowest BCUT2D eigenvalue weighted by Crippen LogP contribution is -2.32. The van der Waals surface area contributed by atoms with Gasteiger partial charge in [0.25, 0.3) is 0 Å². The van der Waals surface area contributed by atoms with Crippen molar-refractivity contribution in [3.8, 4) is 11.1 Å². The van der Waals surface area contributed by atoms with Crippen molar-refractivity contribution in [1.82, 2.24) is 4.90 Å². The van der Waals surface area contributed by atoms with Crippen LogP contribution in [0.25, 0.3) is 11.1 Å². The molecule has 1 amide bonds. The lowest BCUT2D eigenvalue weighted by molar-refractivity contribution is 0.0286. The van der Waals surface area contributed by atoms with Crippen LogP contribution in [0.5, 0.6) is 0 Å². The van der Waals surface area contributed by atoms with E-state index in [0.717, 1.165) is 25.1 Å². The molecule has 0 heterocycles. The summed E-state index contributed by atoms with van der Waals surface area (Å²) in [6, 6.07) is 23.8. The summed E-state index contributed by atoms with van der Waals surface area (Å²) in [5.41, 5.74) is 6.24. The molecule has 0 saturated heterocycles. The van der Waals surface area contributed by atoms with Gasteiger partial charge in [-0.25, -0.2) is 9.59 Å². The standard InChI is InChI=1S/C31H36N2O5/c1-3-4-17-32-24-15-13-23(14-16-24)30(34)37-21-20-36-19-18-33(2)31(35)38-22-29-27-11-7-5-9-25(27)26-10-6-8-12-28(26)29/h5-16,29,32H,3-4,17-22H2,1-2H3. The molecule has 0 atom stereocenters. The van der Waals surface area contributed by atoms with Crippen LogP contribution in [0, 0.1) is 0 Å². The summed E-state index contributed by atoms with van der Waals surface area (Å²) < 4.78 is 16.5. The fourth-order valence-corrected chi connectivity index (χ4v) is 4.51. The number of benzene rings is 3. The Morgan fingerprint density at radius 1 is 0.842 bits per heavy atom. The third-order valence-corrected chi connectivity index (χ3v) is 6.66. The summed E-state index contributed by atoms with van der Waals surface area (Å²) in [5, 5.41) is 3.32. The number of carbonyl (C=O) groups excluding carboxylic acids is 2. The highest BCUT2D eigenvalue weighted by molar-refractivity contribution is 5.89. The van der Waals surface area contributed by atoms with Crippen LogP contribution in [-0.2, 0) is 14.2 Å². The van der Waals surface area contributed by atoms with E-state index in [1.54, 1.807) is 19.2 Å². The van der Waals surface area contributed by atoms with Crippen molar-refractivity contribution >= 4 is 17.7 Å². The summed E-state index contributed by atoms with van der Waals surface area (Å²) >= 11 is 0. The van der Waals surface area contributed by atoms with Gasteiger partial charge in [-0.1, -0.05) is 61.9 Å². The van der Waals surface area contributed by atoms with Crippen molar-refractivity contribution < 1.29 is 23.8 Å². The number of likely N-dealkylation sites (N-methyl/N-ethyl adjacent to an activating group) is 1. The topological polar surface area (TPSA) is 77.1 Å². The van der Waals surface area contributed by atoms with Gasteiger partial charge in [-0.05, 0) is 52.9 Å². The third kappa shape index (κ3) is 6.92. The van der Waals surface area contributed by atoms with E-state index in [4.69, 9.17) is 14.2 Å². The number of fused-ring (bicyclic) bond motifs is 3. The first-order chi connectivity index (χ1) is 18.6. The van der Waals surface area contributed by atoms with Crippen LogP contribution in [0.4, 0.5) is 10.5 Å². The fourth-order valence-electron chi connectivity index (χ4n) is 4.51. The number of rotatable bonds is 13. The zero-order chi connectivity index (χ0) is 26.7. The molecule has 4 rings (SSSR count). The molecule has 0 spiro atoms. The van der Waals surface area contributed by atoms with Gasteiger partial charge in [0.15, 0.2) is 0 Å². The number of nitrogens with zero attached hydrogens (tertiary/aromatic N) is 1. The first kappa shape index (κ1) is 27.2. The molecule has 200 valence electrons. The average molecular weight is 517 g/mol.